The van der Waals surface area contributed by atoms with Crippen LogP contribution in [0.5, 0.6) is 0 Å². The van der Waals surface area contributed by atoms with E-state index in [1.165, 1.54) is 0 Å². The average molecular weight is 513 g/mol. The first-order chi connectivity index (χ1) is 19.8. The first-order valence-corrected chi connectivity index (χ1v) is 13.3. The van der Waals surface area contributed by atoms with Crippen molar-refractivity contribution in [1.82, 2.24) is 9.97 Å². The molecule has 0 saturated heterocycles. The number of hydrogen-bond acceptors (Lipinski definition) is 4. The van der Waals surface area contributed by atoms with Gasteiger partial charge in [-0.2, -0.15) is 0 Å². The normalized spacial score (nSPS) is 12.0. The van der Waals surface area contributed by atoms with E-state index in [9.17, 15) is 0 Å². The quantitative estimate of drug-likeness (QED) is 0.216. The Morgan fingerprint density at radius 3 is 1.30 bits per heavy atom. The van der Waals surface area contributed by atoms with Crippen LogP contribution < -0.4 is 0 Å². The lowest BCUT2D eigenvalue weighted by molar-refractivity contribution is 0.669. The summed E-state index contributed by atoms with van der Waals surface area (Å²) in [5, 5.41) is 6.53. The third-order valence-electron chi connectivity index (χ3n) is 8.01. The number of fused-ring (bicyclic) bond motifs is 9. The van der Waals surface area contributed by atoms with E-state index in [1.807, 2.05) is 48.8 Å². The van der Waals surface area contributed by atoms with Gasteiger partial charge in [0, 0.05) is 55.8 Å². The van der Waals surface area contributed by atoms with E-state index in [4.69, 9.17) is 18.8 Å². The molecule has 4 heteroatoms. The molecule has 0 unspecified atom stereocenters. The summed E-state index contributed by atoms with van der Waals surface area (Å²) in [5.74, 6) is 0. The van der Waals surface area contributed by atoms with Crippen LogP contribution in [0.1, 0.15) is 0 Å². The fraction of sp³-hybridized carbons (Fsp3) is 0. The van der Waals surface area contributed by atoms with Gasteiger partial charge in [0.25, 0.3) is 0 Å². The van der Waals surface area contributed by atoms with Gasteiger partial charge in [-0.3, -0.25) is 9.97 Å². The second kappa shape index (κ2) is 8.01. The van der Waals surface area contributed by atoms with Gasteiger partial charge in [-0.05, 0) is 35.4 Å². The summed E-state index contributed by atoms with van der Waals surface area (Å²) >= 11 is 0. The van der Waals surface area contributed by atoms with Crippen LogP contribution in [0.2, 0.25) is 0 Å². The molecule has 0 aliphatic carbocycles. The highest BCUT2D eigenvalue weighted by Gasteiger charge is 2.18. The molecule has 40 heavy (non-hydrogen) atoms. The first kappa shape index (κ1) is 21.5. The van der Waals surface area contributed by atoms with Gasteiger partial charge in [-0.1, -0.05) is 84.9 Å². The monoisotopic (exact) mass is 512 g/mol. The number of furan rings is 2. The van der Waals surface area contributed by atoms with Gasteiger partial charge >= 0.3 is 0 Å². The van der Waals surface area contributed by atoms with Crippen LogP contribution in [0.4, 0.5) is 0 Å². The average Bonchev–Trinajstić information content (AvgIpc) is 3.59. The van der Waals surface area contributed by atoms with Crippen molar-refractivity contribution < 1.29 is 8.83 Å². The third kappa shape index (κ3) is 2.90. The molecule has 4 heterocycles. The summed E-state index contributed by atoms with van der Waals surface area (Å²) in [7, 11) is 0. The van der Waals surface area contributed by atoms with E-state index in [1.54, 1.807) is 0 Å². The summed E-state index contributed by atoms with van der Waals surface area (Å²) in [5.41, 5.74) is 9.51. The Kier molecular flexibility index (Phi) is 4.30. The summed E-state index contributed by atoms with van der Waals surface area (Å²) in [6.07, 6.45) is 3.74. The molecule has 0 saturated carbocycles. The fourth-order valence-corrected chi connectivity index (χ4v) is 6.22. The van der Waals surface area contributed by atoms with E-state index in [0.29, 0.717) is 0 Å². The first-order valence-electron chi connectivity index (χ1n) is 13.3. The number of rotatable bonds is 2. The van der Waals surface area contributed by atoms with E-state index >= 15 is 0 Å². The van der Waals surface area contributed by atoms with Crippen LogP contribution >= 0.6 is 0 Å². The van der Waals surface area contributed by atoms with E-state index in [0.717, 1.165) is 87.9 Å². The van der Waals surface area contributed by atoms with Crippen LogP contribution in [-0.2, 0) is 0 Å². The van der Waals surface area contributed by atoms with Crippen molar-refractivity contribution in [3.8, 4) is 22.3 Å². The van der Waals surface area contributed by atoms with Crippen LogP contribution in [0.15, 0.2) is 130 Å². The number of aromatic nitrogens is 2. The molecule has 0 aliphatic rings. The number of pyridine rings is 2. The zero-order valence-corrected chi connectivity index (χ0v) is 21.3. The Morgan fingerprint density at radius 2 is 0.800 bits per heavy atom. The number of para-hydroxylation sites is 4. The smallest absolute Gasteiger partial charge is 0.143 e. The lowest BCUT2D eigenvalue weighted by Gasteiger charge is -2.11. The molecule has 186 valence electrons. The zero-order valence-electron chi connectivity index (χ0n) is 21.3. The van der Waals surface area contributed by atoms with E-state index in [2.05, 4.69) is 72.8 Å². The Hall–Kier alpha value is -5.48. The molecular formula is C36H20N2O2. The molecule has 0 fully saturated rings. The van der Waals surface area contributed by atoms with Crippen molar-refractivity contribution in [2.45, 2.75) is 0 Å². The molecule has 0 amide bonds. The van der Waals surface area contributed by atoms with Crippen molar-refractivity contribution in [3.63, 3.8) is 0 Å². The van der Waals surface area contributed by atoms with Crippen molar-refractivity contribution in [2.75, 3.05) is 0 Å². The molecule has 9 rings (SSSR count). The second-order valence-electron chi connectivity index (χ2n) is 10.1. The molecule has 4 nitrogen and oxygen atoms in total. The lowest BCUT2D eigenvalue weighted by Crippen LogP contribution is -1.91. The van der Waals surface area contributed by atoms with Crippen molar-refractivity contribution in [1.29, 1.82) is 0 Å². The van der Waals surface area contributed by atoms with Crippen LogP contribution in [-0.4, -0.2) is 9.97 Å². The molecule has 0 aliphatic heterocycles. The van der Waals surface area contributed by atoms with Gasteiger partial charge in [0.15, 0.2) is 0 Å². The summed E-state index contributed by atoms with van der Waals surface area (Å²) < 4.78 is 12.7. The minimum atomic E-state index is 0.863. The topological polar surface area (TPSA) is 52.1 Å². The predicted octanol–water partition coefficient (Wildman–Crippen LogP) is 9.92. The predicted molar refractivity (Wildman–Crippen MR) is 162 cm³/mol. The fourth-order valence-electron chi connectivity index (χ4n) is 6.22. The largest absolute Gasteiger partial charge is 0.455 e. The Labute approximate surface area is 228 Å². The highest BCUT2D eigenvalue weighted by atomic mass is 16.3. The van der Waals surface area contributed by atoms with E-state index in [-0.39, 0.29) is 0 Å². The standard InChI is InChI=1S/C36H20N2O2/c1-3-13-31-23(7-1)29-11-5-9-27(35(29)39-31)21-17-19-37-33-25(21)15-16-26-22(18-20-38-34(26)33)28-10-6-12-30-24-8-2-4-14-32(24)40-36(28)30/h1-20H. The Bertz CT molecular complexity index is 2280. The molecule has 0 atom stereocenters. The minimum absolute atomic E-state index is 0.863. The third-order valence-corrected chi connectivity index (χ3v) is 8.01. The van der Waals surface area contributed by atoms with Gasteiger partial charge < -0.3 is 8.83 Å². The molecule has 0 bridgehead atoms. The van der Waals surface area contributed by atoms with Gasteiger partial charge in [-0.25, -0.2) is 0 Å². The van der Waals surface area contributed by atoms with Crippen molar-refractivity contribution in [3.05, 3.63) is 122 Å². The summed E-state index contributed by atoms with van der Waals surface area (Å²) in [6.45, 7) is 0. The SMILES string of the molecule is c1ccc2c(c1)oc1c(-c3ccnc4c3ccc3c(-c5cccc6c5oc5ccccc56)ccnc34)cccc12. The lowest BCUT2D eigenvalue weighted by atomic mass is 9.95. The summed E-state index contributed by atoms with van der Waals surface area (Å²) in [4.78, 5) is 9.67. The highest BCUT2D eigenvalue weighted by molar-refractivity contribution is 6.17. The van der Waals surface area contributed by atoms with Crippen LogP contribution in [0.25, 0.3) is 87.9 Å². The molecule has 0 spiro atoms. The van der Waals surface area contributed by atoms with E-state index < -0.39 is 0 Å². The molecule has 4 aromatic heterocycles. The van der Waals surface area contributed by atoms with Gasteiger partial charge in [0.1, 0.15) is 22.3 Å². The molecule has 5 aromatic carbocycles. The van der Waals surface area contributed by atoms with Gasteiger partial charge in [0.05, 0.1) is 11.0 Å². The number of benzene rings is 5. The Morgan fingerprint density at radius 1 is 0.350 bits per heavy atom. The van der Waals surface area contributed by atoms with Gasteiger partial charge in [-0.15, -0.1) is 0 Å². The zero-order chi connectivity index (χ0) is 26.2. The maximum Gasteiger partial charge on any atom is 0.143 e. The Balaban J connectivity index is 1.31. The molecular weight excluding hydrogens is 492 g/mol. The van der Waals surface area contributed by atoms with Crippen molar-refractivity contribution in [2.24, 2.45) is 0 Å². The van der Waals surface area contributed by atoms with Crippen LogP contribution in [0.3, 0.4) is 0 Å². The number of nitrogens with zero attached hydrogens (tertiary/aromatic N) is 2. The number of hydrogen-bond donors (Lipinski definition) is 0. The second-order valence-corrected chi connectivity index (χ2v) is 10.1. The van der Waals surface area contributed by atoms with Crippen molar-refractivity contribution >= 4 is 65.7 Å². The van der Waals surface area contributed by atoms with Gasteiger partial charge in [0.2, 0.25) is 0 Å². The minimum Gasteiger partial charge on any atom is -0.455 e. The summed E-state index contributed by atoms with van der Waals surface area (Å²) in [6, 6.07) is 37.5. The molecule has 0 N–H and O–H groups in total. The maximum atomic E-state index is 6.37. The maximum absolute atomic E-state index is 6.37. The molecule has 9 aromatic rings. The van der Waals surface area contributed by atoms with Crippen LogP contribution in [0, 0.1) is 0 Å². The molecule has 0 radical (unpaired) electrons. The highest BCUT2D eigenvalue weighted by Crippen LogP contribution is 2.41.